The summed E-state index contributed by atoms with van der Waals surface area (Å²) in [6, 6.07) is 5.74. The first kappa shape index (κ1) is 13.6. The Bertz CT molecular complexity index is 416. The molecule has 0 aliphatic rings. The third kappa shape index (κ3) is 4.91. The van der Waals surface area contributed by atoms with Crippen LogP contribution in [0.2, 0.25) is 5.02 Å². The van der Waals surface area contributed by atoms with E-state index in [4.69, 9.17) is 16.3 Å². The molecule has 0 unspecified atom stereocenters. The van der Waals surface area contributed by atoms with Crippen LogP contribution in [-0.4, -0.2) is 19.1 Å². The van der Waals surface area contributed by atoms with Gasteiger partial charge in [-0.15, -0.1) is 0 Å². The third-order valence-corrected chi connectivity index (χ3v) is 2.54. The average molecular weight is 254 g/mol. The van der Waals surface area contributed by atoms with Gasteiger partial charge < -0.3 is 10.1 Å². The Morgan fingerprint density at radius 3 is 2.94 bits per heavy atom. The Labute approximate surface area is 106 Å². The van der Waals surface area contributed by atoms with Crippen LogP contribution < -0.4 is 5.32 Å². The number of hydrogen-bond donors (Lipinski definition) is 1. The summed E-state index contributed by atoms with van der Waals surface area (Å²) in [5.41, 5.74) is 1.97. The van der Waals surface area contributed by atoms with E-state index in [1.54, 1.807) is 13.0 Å². The highest BCUT2D eigenvalue weighted by atomic mass is 35.5. The van der Waals surface area contributed by atoms with Crippen molar-refractivity contribution in [3.05, 3.63) is 40.9 Å². The van der Waals surface area contributed by atoms with Gasteiger partial charge in [0.2, 0.25) is 0 Å². The molecule has 3 nitrogen and oxygen atoms in total. The number of hydrogen-bond acceptors (Lipinski definition) is 3. The number of anilines is 1. The fourth-order valence-electron chi connectivity index (χ4n) is 1.23. The maximum absolute atomic E-state index is 11.0. The molecule has 0 aromatic heterocycles. The molecular formula is C13H16ClNO2. The number of carbonyl (C=O) groups is 1. The quantitative estimate of drug-likeness (QED) is 0.647. The molecule has 1 N–H and O–H groups in total. The zero-order chi connectivity index (χ0) is 12.7. The largest absolute Gasteiger partial charge is 0.463 e. The Morgan fingerprint density at radius 1 is 1.53 bits per heavy atom. The molecule has 0 aliphatic carbocycles. The lowest BCUT2D eigenvalue weighted by Crippen LogP contribution is -2.02. The highest BCUT2D eigenvalue weighted by Crippen LogP contribution is 2.19. The minimum absolute atomic E-state index is 0.323. The SMILES string of the molecule is CCOC(=O)/C=C/CNc1ccc(C)c(Cl)c1. The molecule has 0 radical (unpaired) electrons. The summed E-state index contributed by atoms with van der Waals surface area (Å²) in [6.07, 6.45) is 3.12. The number of esters is 1. The fraction of sp³-hybridized carbons (Fsp3) is 0.308. The highest BCUT2D eigenvalue weighted by Gasteiger charge is 1.96. The number of ether oxygens (including phenoxy) is 1. The van der Waals surface area contributed by atoms with Gasteiger partial charge in [0, 0.05) is 23.3 Å². The standard InChI is InChI=1S/C13H16ClNO2/c1-3-17-13(16)5-4-8-15-11-7-6-10(2)12(14)9-11/h4-7,9,15H,3,8H2,1-2H3/b5-4+. The minimum atomic E-state index is -0.323. The number of benzene rings is 1. The van der Waals surface area contributed by atoms with Gasteiger partial charge in [0.15, 0.2) is 0 Å². The van der Waals surface area contributed by atoms with Gasteiger partial charge in [-0.05, 0) is 31.5 Å². The van der Waals surface area contributed by atoms with Crippen molar-refractivity contribution >= 4 is 23.3 Å². The van der Waals surface area contributed by atoms with Crippen molar-refractivity contribution in [1.29, 1.82) is 0 Å². The van der Waals surface area contributed by atoms with E-state index < -0.39 is 0 Å². The van der Waals surface area contributed by atoms with Crippen molar-refractivity contribution in [3.8, 4) is 0 Å². The van der Waals surface area contributed by atoms with Crippen LogP contribution in [0.25, 0.3) is 0 Å². The van der Waals surface area contributed by atoms with Gasteiger partial charge in [0.1, 0.15) is 0 Å². The molecule has 1 aromatic carbocycles. The van der Waals surface area contributed by atoms with Crippen LogP contribution >= 0.6 is 11.6 Å². The van der Waals surface area contributed by atoms with E-state index in [0.29, 0.717) is 13.2 Å². The van der Waals surface area contributed by atoms with Gasteiger partial charge in [0.05, 0.1) is 6.61 Å². The second-order valence-electron chi connectivity index (χ2n) is 3.50. The monoisotopic (exact) mass is 253 g/mol. The van der Waals surface area contributed by atoms with Crippen LogP contribution in [0.4, 0.5) is 5.69 Å². The molecule has 0 aliphatic heterocycles. The second kappa shape index (κ2) is 6.97. The predicted molar refractivity (Wildman–Crippen MR) is 70.5 cm³/mol. The van der Waals surface area contributed by atoms with E-state index in [9.17, 15) is 4.79 Å². The molecule has 0 spiro atoms. The summed E-state index contributed by atoms with van der Waals surface area (Å²) < 4.78 is 4.75. The fourth-order valence-corrected chi connectivity index (χ4v) is 1.41. The summed E-state index contributed by atoms with van der Waals surface area (Å²) >= 11 is 5.99. The van der Waals surface area contributed by atoms with Gasteiger partial charge in [0.25, 0.3) is 0 Å². The molecule has 0 saturated heterocycles. The van der Waals surface area contributed by atoms with Crippen LogP contribution in [0.1, 0.15) is 12.5 Å². The van der Waals surface area contributed by atoms with Crippen molar-refractivity contribution in [2.45, 2.75) is 13.8 Å². The Balaban J connectivity index is 2.40. The topological polar surface area (TPSA) is 38.3 Å². The summed E-state index contributed by atoms with van der Waals surface area (Å²) in [7, 11) is 0. The van der Waals surface area contributed by atoms with E-state index in [0.717, 1.165) is 16.3 Å². The summed E-state index contributed by atoms with van der Waals surface area (Å²) in [4.78, 5) is 11.0. The summed E-state index contributed by atoms with van der Waals surface area (Å²) in [5, 5.41) is 3.86. The average Bonchev–Trinajstić information content (AvgIpc) is 2.29. The second-order valence-corrected chi connectivity index (χ2v) is 3.91. The molecule has 4 heteroatoms. The summed E-state index contributed by atoms with van der Waals surface area (Å²) in [5.74, 6) is -0.323. The Kier molecular flexibility index (Phi) is 5.57. The maximum atomic E-state index is 11.0. The molecule has 1 aromatic rings. The lowest BCUT2D eigenvalue weighted by molar-refractivity contribution is -0.137. The van der Waals surface area contributed by atoms with Crippen molar-refractivity contribution < 1.29 is 9.53 Å². The van der Waals surface area contributed by atoms with Crippen LogP contribution in [0.15, 0.2) is 30.4 Å². The number of nitrogens with one attached hydrogen (secondary N) is 1. The summed E-state index contributed by atoms with van der Waals surface area (Å²) in [6.45, 7) is 4.67. The molecule has 0 atom stereocenters. The van der Waals surface area contributed by atoms with Crippen LogP contribution in [0, 0.1) is 6.92 Å². The van der Waals surface area contributed by atoms with Crippen LogP contribution in [-0.2, 0) is 9.53 Å². The molecule has 1 rings (SSSR count). The molecule has 0 fully saturated rings. The smallest absolute Gasteiger partial charge is 0.330 e. The van der Waals surface area contributed by atoms with Gasteiger partial charge >= 0.3 is 5.97 Å². The zero-order valence-electron chi connectivity index (χ0n) is 10.00. The van der Waals surface area contributed by atoms with Crippen molar-refractivity contribution in [3.63, 3.8) is 0 Å². The Hall–Kier alpha value is -1.48. The van der Waals surface area contributed by atoms with E-state index in [-0.39, 0.29) is 5.97 Å². The predicted octanol–water partition coefficient (Wildman–Crippen LogP) is 3.18. The van der Waals surface area contributed by atoms with E-state index in [2.05, 4.69) is 5.32 Å². The molecule has 0 amide bonds. The lowest BCUT2D eigenvalue weighted by atomic mass is 10.2. The molecular weight excluding hydrogens is 238 g/mol. The van der Waals surface area contributed by atoms with Crippen molar-refractivity contribution in [1.82, 2.24) is 0 Å². The zero-order valence-corrected chi connectivity index (χ0v) is 10.8. The van der Waals surface area contributed by atoms with Crippen molar-refractivity contribution in [2.75, 3.05) is 18.5 Å². The van der Waals surface area contributed by atoms with Gasteiger partial charge in [-0.3, -0.25) is 0 Å². The lowest BCUT2D eigenvalue weighted by Gasteiger charge is -2.05. The van der Waals surface area contributed by atoms with Crippen LogP contribution in [0.3, 0.4) is 0 Å². The number of rotatable bonds is 5. The van der Waals surface area contributed by atoms with E-state index >= 15 is 0 Å². The van der Waals surface area contributed by atoms with Gasteiger partial charge in [-0.2, -0.15) is 0 Å². The molecule has 17 heavy (non-hydrogen) atoms. The first-order valence-corrected chi connectivity index (χ1v) is 5.84. The normalized spacial score (nSPS) is 10.5. The van der Waals surface area contributed by atoms with Crippen LogP contribution in [0.5, 0.6) is 0 Å². The van der Waals surface area contributed by atoms with E-state index in [1.807, 2.05) is 25.1 Å². The maximum Gasteiger partial charge on any atom is 0.330 e. The first-order chi connectivity index (χ1) is 8.13. The van der Waals surface area contributed by atoms with Crippen molar-refractivity contribution in [2.24, 2.45) is 0 Å². The van der Waals surface area contributed by atoms with Gasteiger partial charge in [-0.25, -0.2) is 4.79 Å². The number of carbonyl (C=O) groups excluding carboxylic acids is 1. The van der Waals surface area contributed by atoms with E-state index in [1.165, 1.54) is 6.08 Å². The molecule has 0 bridgehead atoms. The minimum Gasteiger partial charge on any atom is -0.463 e. The molecule has 0 heterocycles. The Morgan fingerprint density at radius 2 is 2.29 bits per heavy atom. The number of aryl methyl sites for hydroxylation is 1. The molecule has 0 saturated carbocycles. The number of halogens is 1. The first-order valence-electron chi connectivity index (χ1n) is 5.46. The van der Waals surface area contributed by atoms with Gasteiger partial charge in [-0.1, -0.05) is 23.7 Å². The third-order valence-electron chi connectivity index (χ3n) is 2.14. The highest BCUT2D eigenvalue weighted by molar-refractivity contribution is 6.31. The molecule has 92 valence electrons.